The van der Waals surface area contributed by atoms with E-state index in [1.807, 2.05) is 18.4 Å². The predicted octanol–water partition coefficient (Wildman–Crippen LogP) is 6.68. The number of thiophene rings is 1. The standard InChI is InChI=1S/C32H41NO4S/c1-6-13-31-17-23(18-36-19-24-16-22-9-7-8-10-26(22)38-24)28(35-5)30-32(31,14-15-33(4)21(31)3)27-20(2)11-12-25(34)29(27)37-30/h7-12,16,21,23,28,30,34H,6,13-15,17-19H2,1-5H3/t21?,23?,28?,30-,31+,32?/m0/s1. The van der Waals surface area contributed by atoms with Crippen LogP contribution in [0.5, 0.6) is 11.5 Å². The molecule has 3 heterocycles. The third-order valence-electron chi connectivity index (χ3n) is 10.1. The van der Waals surface area contributed by atoms with Crippen LogP contribution in [0.3, 0.4) is 0 Å². The van der Waals surface area contributed by atoms with Gasteiger partial charge in [0.05, 0.1) is 19.3 Å². The Labute approximate surface area is 230 Å². The van der Waals surface area contributed by atoms with Gasteiger partial charge in [-0.1, -0.05) is 37.6 Å². The van der Waals surface area contributed by atoms with Gasteiger partial charge in [0.25, 0.3) is 0 Å². The molecule has 1 saturated heterocycles. The smallest absolute Gasteiger partial charge is 0.165 e. The highest BCUT2D eigenvalue weighted by Gasteiger charge is 2.71. The molecular formula is C32H41NO4S. The monoisotopic (exact) mass is 535 g/mol. The van der Waals surface area contributed by atoms with E-state index in [4.69, 9.17) is 14.2 Å². The molecule has 1 aromatic heterocycles. The lowest BCUT2D eigenvalue weighted by atomic mass is 9.43. The van der Waals surface area contributed by atoms with Crippen LogP contribution in [0, 0.1) is 18.3 Å². The van der Waals surface area contributed by atoms with Gasteiger partial charge in [0, 0.05) is 39.6 Å². The van der Waals surface area contributed by atoms with E-state index in [9.17, 15) is 5.11 Å². The van der Waals surface area contributed by atoms with Crippen molar-refractivity contribution in [3.05, 3.63) is 58.5 Å². The average Bonchev–Trinajstić information content (AvgIpc) is 3.49. The number of aromatic hydroxyl groups is 1. The minimum atomic E-state index is -0.199. The van der Waals surface area contributed by atoms with Crippen molar-refractivity contribution in [2.24, 2.45) is 11.3 Å². The lowest BCUT2D eigenvalue weighted by Gasteiger charge is -2.65. The number of piperidine rings is 1. The summed E-state index contributed by atoms with van der Waals surface area (Å²) < 4.78 is 20.9. The molecule has 204 valence electrons. The number of likely N-dealkylation sites (tertiary alicyclic amines) is 1. The van der Waals surface area contributed by atoms with Crippen LogP contribution in [0.1, 0.15) is 55.5 Å². The molecular weight excluding hydrogens is 494 g/mol. The Morgan fingerprint density at radius 1 is 1.21 bits per heavy atom. The van der Waals surface area contributed by atoms with Crippen LogP contribution >= 0.6 is 11.3 Å². The predicted molar refractivity (Wildman–Crippen MR) is 153 cm³/mol. The fourth-order valence-electron chi connectivity index (χ4n) is 8.50. The molecule has 6 heteroatoms. The summed E-state index contributed by atoms with van der Waals surface area (Å²) in [5.74, 6) is 1.13. The highest BCUT2D eigenvalue weighted by atomic mass is 32.1. The normalized spacial score (nSPS) is 32.6. The minimum absolute atomic E-state index is 0.0100. The first kappa shape index (κ1) is 26.1. The molecule has 0 amide bonds. The summed E-state index contributed by atoms with van der Waals surface area (Å²) in [4.78, 5) is 3.79. The fraction of sp³-hybridized carbons (Fsp3) is 0.562. The number of nitrogens with zero attached hydrogens (tertiary/aromatic N) is 1. The first-order valence-electron chi connectivity index (χ1n) is 14.1. The number of aryl methyl sites for hydroxylation is 1. The molecule has 1 aliphatic carbocycles. The highest BCUT2D eigenvalue weighted by molar-refractivity contribution is 7.19. The van der Waals surface area contributed by atoms with Gasteiger partial charge in [-0.25, -0.2) is 0 Å². The number of ether oxygens (including phenoxy) is 3. The van der Waals surface area contributed by atoms with Gasteiger partial charge >= 0.3 is 0 Å². The Bertz CT molecular complexity index is 1290. The van der Waals surface area contributed by atoms with Gasteiger partial charge in [0.1, 0.15) is 6.10 Å². The van der Waals surface area contributed by atoms with E-state index in [0.717, 1.165) is 32.2 Å². The van der Waals surface area contributed by atoms with Crippen molar-refractivity contribution >= 4 is 21.4 Å². The van der Waals surface area contributed by atoms with Crippen molar-refractivity contribution in [3.8, 4) is 11.5 Å². The van der Waals surface area contributed by atoms with E-state index >= 15 is 0 Å². The van der Waals surface area contributed by atoms with Gasteiger partial charge in [-0.05, 0) is 81.3 Å². The number of hydrogen-bond donors (Lipinski definition) is 1. The maximum Gasteiger partial charge on any atom is 0.165 e. The van der Waals surface area contributed by atoms with E-state index in [2.05, 4.69) is 69.1 Å². The van der Waals surface area contributed by atoms with Crippen molar-refractivity contribution in [1.82, 2.24) is 4.90 Å². The maximum absolute atomic E-state index is 11.0. The van der Waals surface area contributed by atoms with E-state index in [0.29, 0.717) is 25.0 Å². The first-order chi connectivity index (χ1) is 18.4. The van der Waals surface area contributed by atoms with Crippen molar-refractivity contribution in [2.75, 3.05) is 27.3 Å². The number of methoxy groups -OCH3 is 1. The lowest BCUT2D eigenvalue weighted by Crippen LogP contribution is -2.72. The molecule has 1 spiro atoms. The van der Waals surface area contributed by atoms with Gasteiger partial charge in [-0.2, -0.15) is 0 Å². The number of phenolic OH excluding ortho intramolecular Hbond substituents is 1. The van der Waals surface area contributed by atoms with Crippen LogP contribution in [0.2, 0.25) is 0 Å². The molecule has 3 aromatic rings. The molecule has 0 radical (unpaired) electrons. The van der Waals surface area contributed by atoms with Crippen molar-refractivity contribution in [3.63, 3.8) is 0 Å². The molecule has 5 nitrogen and oxygen atoms in total. The van der Waals surface area contributed by atoms with Crippen molar-refractivity contribution < 1.29 is 19.3 Å². The first-order valence-corrected chi connectivity index (χ1v) is 15.0. The molecule has 0 bridgehead atoms. The zero-order valence-corrected chi connectivity index (χ0v) is 24.1. The minimum Gasteiger partial charge on any atom is -0.504 e. The van der Waals surface area contributed by atoms with E-state index in [1.165, 1.54) is 26.1 Å². The number of fused-ring (bicyclic) bond motifs is 2. The number of benzene rings is 2. The summed E-state index contributed by atoms with van der Waals surface area (Å²) in [5.41, 5.74) is 2.23. The Balaban J connectivity index is 1.38. The SMILES string of the molecule is CCC[C@]12CC(COCc3cc4ccccc4s3)C(OC)[C@@H]3Oc4c(O)ccc(C)c4C31CCN(C)C2C. The Kier molecular flexibility index (Phi) is 6.74. The second kappa shape index (κ2) is 9.81. The van der Waals surface area contributed by atoms with E-state index in [1.54, 1.807) is 6.07 Å². The van der Waals surface area contributed by atoms with Crippen LogP contribution in [0.25, 0.3) is 10.1 Å². The van der Waals surface area contributed by atoms with Gasteiger partial charge in [0.2, 0.25) is 0 Å². The quantitative estimate of drug-likeness (QED) is 0.366. The third kappa shape index (κ3) is 3.67. The molecule has 3 aliphatic rings. The lowest BCUT2D eigenvalue weighted by molar-refractivity contribution is -0.191. The van der Waals surface area contributed by atoms with Gasteiger partial charge in [-0.3, -0.25) is 0 Å². The summed E-state index contributed by atoms with van der Waals surface area (Å²) >= 11 is 1.81. The van der Waals surface area contributed by atoms with E-state index < -0.39 is 0 Å². The van der Waals surface area contributed by atoms with Crippen LogP contribution in [-0.4, -0.2) is 55.6 Å². The Hall–Kier alpha value is -2.12. The average molecular weight is 536 g/mol. The third-order valence-corrected chi connectivity index (χ3v) is 11.2. The van der Waals surface area contributed by atoms with Crippen molar-refractivity contribution in [2.45, 2.75) is 76.7 Å². The Morgan fingerprint density at radius 2 is 2.03 bits per heavy atom. The number of rotatable bonds is 7. The highest BCUT2D eigenvalue weighted by Crippen LogP contribution is 2.68. The summed E-state index contributed by atoms with van der Waals surface area (Å²) in [6.07, 6.45) is 3.98. The fourth-order valence-corrected chi connectivity index (χ4v) is 9.51. The zero-order valence-electron chi connectivity index (χ0n) is 23.3. The Morgan fingerprint density at radius 3 is 2.79 bits per heavy atom. The molecule has 38 heavy (non-hydrogen) atoms. The van der Waals surface area contributed by atoms with Crippen LogP contribution < -0.4 is 4.74 Å². The molecule has 2 aromatic carbocycles. The van der Waals surface area contributed by atoms with E-state index in [-0.39, 0.29) is 34.7 Å². The number of hydrogen-bond acceptors (Lipinski definition) is 6. The zero-order chi connectivity index (χ0) is 26.7. The van der Waals surface area contributed by atoms with Gasteiger partial charge in [0.15, 0.2) is 11.5 Å². The van der Waals surface area contributed by atoms with Crippen LogP contribution in [0.15, 0.2) is 42.5 Å². The van der Waals surface area contributed by atoms with Gasteiger partial charge in [-0.15, -0.1) is 11.3 Å². The molecule has 2 aliphatic heterocycles. The largest absolute Gasteiger partial charge is 0.504 e. The van der Waals surface area contributed by atoms with Gasteiger partial charge < -0.3 is 24.2 Å². The topological polar surface area (TPSA) is 51.2 Å². The molecule has 1 saturated carbocycles. The summed E-state index contributed by atoms with van der Waals surface area (Å²) in [5, 5.41) is 12.3. The summed E-state index contributed by atoms with van der Waals surface area (Å²) in [7, 11) is 4.09. The van der Waals surface area contributed by atoms with Crippen LogP contribution in [0.4, 0.5) is 0 Å². The maximum atomic E-state index is 11.0. The summed E-state index contributed by atoms with van der Waals surface area (Å²) in [6.45, 7) is 9.14. The second-order valence-electron chi connectivity index (χ2n) is 11.9. The molecule has 6 atom stereocenters. The van der Waals surface area contributed by atoms with Crippen LogP contribution in [-0.2, 0) is 21.5 Å². The molecule has 2 fully saturated rings. The second-order valence-corrected chi connectivity index (χ2v) is 13.0. The molecule has 4 unspecified atom stereocenters. The molecule has 1 N–H and O–H groups in total. The summed E-state index contributed by atoms with van der Waals surface area (Å²) in [6, 6.07) is 15.0. The van der Waals surface area contributed by atoms with Crippen molar-refractivity contribution in [1.29, 1.82) is 0 Å². The molecule has 6 rings (SSSR count). The number of phenols is 1.